The lowest BCUT2D eigenvalue weighted by Crippen LogP contribution is -2.50. The van der Waals surface area contributed by atoms with Gasteiger partial charge in [-0.1, -0.05) is 23.4 Å². The highest BCUT2D eigenvalue weighted by atomic mass is 32.1. The lowest BCUT2D eigenvalue weighted by molar-refractivity contribution is -0.138. The molecule has 2 heterocycles. The second-order valence-electron chi connectivity index (χ2n) is 5.01. The Balaban J connectivity index is 2.04. The van der Waals surface area contributed by atoms with Gasteiger partial charge in [-0.25, -0.2) is 0 Å². The summed E-state index contributed by atoms with van der Waals surface area (Å²) >= 11 is 1.33. The number of nitrogens with zero attached hydrogens (tertiary/aromatic N) is 1. The van der Waals surface area contributed by atoms with Crippen molar-refractivity contribution in [2.75, 3.05) is 7.11 Å². The maximum atomic E-state index is 12.4. The van der Waals surface area contributed by atoms with Crippen LogP contribution < -0.4 is 5.32 Å². The summed E-state index contributed by atoms with van der Waals surface area (Å²) in [5.41, 5.74) is 0.0926. The van der Waals surface area contributed by atoms with Crippen molar-refractivity contribution in [3.8, 4) is 0 Å². The maximum absolute atomic E-state index is 12.4. The minimum Gasteiger partial charge on any atom is -0.481 e. The number of carboxylic acid groups (broad SMARTS) is 1. The molecule has 1 aliphatic heterocycles. The summed E-state index contributed by atoms with van der Waals surface area (Å²) in [7, 11) is 0.00410. The molecule has 3 N–H and O–H groups in total. The summed E-state index contributed by atoms with van der Waals surface area (Å²) in [5.74, 6) is -2.28. The molecule has 0 radical (unpaired) electrons. The molecule has 0 saturated carbocycles. The molecule has 1 aromatic heterocycles. The number of rotatable bonds is 6. The fraction of sp³-hybridized carbons (Fsp3) is 0.357. The fourth-order valence-corrected chi connectivity index (χ4v) is 2.87. The highest BCUT2D eigenvalue weighted by Crippen LogP contribution is 2.14. The van der Waals surface area contributed by atoms with Crippen molar-refractivity contribution in [2.24, 2.45) is 5.16 Å². The third kappa shape index (κ3) is 4.92. The number of nitrogens with one attached hydrogen (secondary N) is 1. The zero-order valence-corrected chi connectivity index (χ0v) is 13.7. The number of carbonyl (C=O) groups excluding carboxylic acids is 1. The predicted octanol–water partition coefficient (Wildman–Crippen LogP) is 0.423. The zero-order chi connectivity index (χ0) is 17.5. The van der Waals surface area contributed by atoms with Crippen molar-refractivity contribution in [2.45, 2.75) is 24.9 Å². The Morgan fingerprint density at radius 2 is 2.38 bits per heavy atom. The van der Waals surface area contributed by atoms with Gasteiger partial charge in [-0.3, -0.25) is 9.59 Å². The van der Waals surface area contributed by atoms with E-state index in [1.807, 2.05) is 0 Å². The van der Waals surface area contributed by atoms with E-state index in [9.17, 15) is 14.6 Å². The Kier molecular flexibility index (Phi) is 6.53. The number of thiophene rings is 1. The topological polar surface area (TPSA) is 117 Å². The maximum Gasteiger partial charge on any atom is 0.478 e. The molecule has 0 saturated heterocycles. The lowest BCUT2D eigenvalue weighted by atomic mass is 9.77. The summed E-state index contributed by atoms with van der Waals surface area (Å²) < 4.78 is 5.27. The zero-order valence-electron chi connectivity index (χ0n) is 12.9. The SMILES string of the molecule is CON=C(C(=O)N[C@H]1CC=C[C@H](CC(=O)O)OB1O)c1cccs1. The molecular weight excluding hydrogens is 335 g/mol. The molecule has 0 unspecified atom stereocenters. The van der Waals surface area contributed by atoms with Crippen molar-refractivity contribution in [1.82, 2.24) is 5.32 Å². The molecule has 0 aliphatic carbocycles. The molecule has 1 aliphatic rings. The largest absolute Gasteiger partial charge is 0.481 e. The van der Waals surface area contributed by atoms with Crippen molar-refractivity contribution in [3.63, 3.8) is 0 Å². The van der Waals surface area contributed by atoms with Crippen molar-refractivity contribution < 1.29 is 29.2 Å². The van der Waals surface area contributed by atoms with Gasteiger partial charge >= 0.3 is 13.1 Å². The van der Waals surface area contributed by atoms with Crippen molar-refractivity contribution >= 4 is 36.0 Å². The number of carbonyl (C=O) groups is 2. The number of amides is 1. The molecular formula is C14H17BN2O6S. The molecule has 1 aromatic rings. The van der Waals surface area contributed by atoms with E-state index in [1.54, 1.807) is 29.7 Å². The minimum absolute atomic E-state index is 0.0926. The first-order valence-corrected chi connectivity index (χ1v) is 8.07. The monoisotopic (exact) mass is 352 g/mol. The average Bonchev–Trinajstić information content (AvgIpc) is 2.98. The van der Waals surface area contributed by atoms with E-state index in [-0.39, 0.29) is 12.1 Å². The third-order valence-corrected chi connectivity index (χ3v) is 4.12. The quantitative estimate of drug-likeness (QED) is 0.296. The first-order chi connectivity index (χ1) is 11.5. The van der Waals surface area contributed by atoms with Gasteiger partial charge < -0.3 is 24.9 Å². The highest BCUT2D eigenvalue weighted by Gasteiger charge is 2.33. The van der Waals surface area contributed by atoms with Crippen molar-refractivity contribution in [1.29, 1.82) is 0 Å². The van der Waals surface area contributed by atoms with Gasteiger partial charge in [0.05, 0.1) is 23.3 Å². The van der Waals surface area contributed by atoms with Gasteiger partial charge in [0.2, 0.25) is 0 Å². The predicted molar refractivity (Wildman–Crippen MR) is 88.7 cm³/mol. The Morgan fingerprint density at radius 1 is 1.58 bits per heavy atom. The molecule has 0 fully saturated rings. The third-order valence-electron chi connectivity index (χ3n) is 3.24. The molecule has 1 amide bonds. The van der Waals surface area contributed by atoms with Crippen LogP contribution in [0.4, 0.5) is 0 Å². The first kappa shape index (κ1) is 18.2. The lowest BCUT2D eigenvalue weighted by Gasteiger charge is -2.20. The molecule has 24 heavy (non-hydrogen) atoms. The summed E-state index contributed by atoms with van der Waals surface area (Å²) in [6.45, 7) is 0. The Morgan fingerprint density at radius 3 is 3.00 bits per heavy atom. The standard InChI is InChI=1S/C14H17BN2O6S/c1-22-17-13(10-5-3-7-24-10)14(20)16-11-6-2-4-9(8-12(18)19)23-15(11)21/h2-5,7,9,11,21H,6,8H2,1H3,(H,16,20)(H,18,19)/t9-,11+/m1/s1. The second-order valence-corrected chi connectivity index (χ2v) is 5.95. The van der Waals surface area contributed by atoms with Gasteiger partial charge in [0.25, 0.3) is 5.91 Å². The van der Waals surface area contributed by atoms with Crippen LogP contribution in [0.25, 0.3) is 0 Å². The van der Waals surface area contributed by atoms with Crippen LogP contribution in [-0.4, -0.2) is 54.0 Å². The summed E-state index contributed by atoms with van der Waals surface area (Å²) in [6.07, 6.45) is 2.52. The van der Waals surface area contributed by atoms with E-state index < -0.39 is 31.0 Å². The molecule has 0 bridgehead atoms. The highest BCUT2D eigenvalue weighted by molar-refractivity contribution is 7.13. The summed E-state index contributed by atoms with van der Waals surface area (Å²) in [4.78, 5) is 28.5. The van der Waals surface area contributed by atoms with Gasteiger partial charge in [-0.15, -0.1) is 11.3 Å². The molecule has 0 spiro atoms. The van der Waals surface area contributed by atoms with E-state index in [4.69, 9.17) is 14.6 Å². The van der Waals surface area contributed by atoms with Crippen LogP contribution in [0.15, 0.2) is 34.8 Å². The van der Waals surface area contributed by atoms with E-state index >= 15 is 0 Å². The smallest absolute Gasteiger partial charge is 0.478 e. The van der Waals surface area contributed by atoms with E-state index in [0.717, 1.165) is 0 Å². The average molecular weight is 352 g/mol. The molecule has 8 nitrogen and oxygen atoms in total. The van der Waals surface area contributed by atoms with Gasteiger partial charge in [-0.2, -0.15) is 0 Å². The van der Waals surface area contributed by atoms with E-state index in [0.29, 0.717) is 11.3 Å². The first-order valence-electron chi connectivity index (χ1n) is 7.19. The minimum atomic E-state index is -1.33. The van der Waals surface area contributed by atoms with Gasteiger partial charge in [0, 0.05) is 0 Å². The van der Waals surface area contributed by atoms with Crippen LogP contribution in [0.3, 0.4) is 0 Å². The van der Waals surface area contributed by atoms with E-state index in [1.165, 1.54) is 18.4 Å². The number of aliphatic carboxylic acids is 1. The molecule has 2 atom stereocenters. The second kappa shape index (κ2) is 8.62. The number of carboxylic acids is 1. The number of oxime groups is 1. The number of hydrogen-bond acceptors (Lipinski definition) is 7. The van der Waals surface area contributed by atoms with Crippen LogP contribution in [0.1, 0.15) is 17.7 Å². The van der Waals surface area contributed by atoms with E-state index in [2.05, 4.69) is 10.5 Å². The van der Waals surface area contributed by atoms with Crippen LogP contribution in [-0.2, 0) is 19.1 Å². The molecule has 128 valence electrons. The van der Waals surface area contributed by atoms with Crippen LogP contribution in [0.2, 0.25) is 0 Å². The van der Waals surface area contributed by atoms with Gasteiger partial charge in [0.15, 0.2) is 5.71 Å². The molecule has 2 rings (SSSR count). The summed E-state index contributed by atoms with van der Waals surface area (Å²) in [5, 5.41) is 27.1. The van der Waals surface area contributed by atoms with Gasteiger partial charge in [-0.05, 0) is 17.9 Å². The van der Waals surface area contributed by atoms with Crippen LogP contribution in [0, 0.1) is 0 Å². The molecule has 0 aromatic carbocycles. The molecule has 10 heteroatoms. The Bertz CT molecular complexity index is 633. The number of hydrogen-bond donors (Lipinski definition) is 3. The normalized spacial score (nSPS) is 21.2. The Labute approximate surface area is 142 Å². The van der Waals surface area contributed by atoms with Crippen LogP contribution in [0.5, 0.6) is 0 Å². The summed E-state index contributed by atoms with van der Waals surface area (Å²) in [6, 6.07) is 3.51. The van der Waals surface area contributed by atoms with Crippen molar-refractivity contribution in [3.05, 3.63) is 34.5 Å². The Hall–Kier alpha value is -2.17. The van der Waals surface area contributed by atoms with Gasteiger partial charge in [0.1, 0.15) is 7.11 Å². The fourth-order valence-electron chi connectivity index (χ4n) is 2.17. The van der Waals surface area contributed by atoms with Crippen LogP contribution >= 0.6 is 11.3 Å².